The average Bonchev–Trinajstić information content (AvgIpc) is 2.39. The molecule has 5 heteroatoms. The average molecular weight is 281 g/mol. The molecule has 2 aromatic rings. The normalized spacial score (nSPS) is 10.3. The fraction of sp³-hybridized carbons (Fsp3) is 0.214. The maximum absolute atomic E-state index is 13.3. The molecule has 0 fully saturated rings. The van der Waals surface area contributed by atoms with Gasteiger partial charge in [0.2, 0.25) is 0 Å². The zero-order valence-electron chi connectivity index (χ0n) is 10.7. The summed E-state index contributed by atoms with van der Waals surface area (Å²) in [5.74, 6) is 0.313. The topological polar surface area (TPSA) is 34.1 Å². The quantitative estimate of drug-likeness (QED) is 0.925. The van der Waals surface area contributed by atoms with Crippen molar-refractivity contribution in [1.29, 1.82) is 0 Å². The maximum Gasteiger partial charge on any atom is 0.143 e. The maximum atomic E-state index is 13.3. The Balaban J connectivity index is 2.09. The van der Waals surface area contributed by atoms with Gasteiger partial charge in [-0.1, -0.05) is 11.6 Å². The summed E-state index contributed by atoms with van der Waals surface area (Å²) >= 11 is 5.63. The Labute approximate surface area is 116 Å². The summed E-state index contributed by atoms with van der Waals surface area (Å²) in [5, 5.41) is 3.20. The van der Waals surface area contributed by atoms with E-state index in [9.17, 15) is 4.39 Å². The van der Waals surface area contributed by atoms with Crippen molar-refractivity contribution in [2.45, 2.75) is 13.5 Å². The number of nitrogens with zero attached hydrogens (tertiary/aromatic N) is 1. The molecule has 0 radical (unpaired) electrons. The van der Waals surface area contributed by atoms with Gasteiger partial charge in [0, 0.05) is 23.5 Å². The number of ether oxygens (including phenoxy) is 1. The van der Waals surface area contributed by atoms with Gasteiger partial charge in [0.1, 0.15) is 11.6 Å². The lowest BCUT2D eigenvalue weighted by molar-refractivity contribution is 0.413. The number of hydrogen-bond acceptors (Lipinski definition) is 3. The van der Waals surface area contributed by atoms with Crippen molar-refractivity contribution in [2.75, 3.05) is 12.4 Å². The molecule has 0 atom stereocenters. The molecule has 0 bridgehead atoms. The van der Waals surface area contributed by atoms with Crippen molar-refractivity contribution in [3.63, 3.8) is 0 Å². The monoisotopic (exact) mass is 280 g/mol. The molecule has 3 nitrogen and oxygen atoms in total. The molecule has 100 valence electrons. The summed E-state index contributed by atoms with van der Waals surface area (Å²) in [6, 6.07) is 8.29. The summed E-state index contributed by atoms with van der Waals surface area (Å²) in [4.78, 5) is 4.37. The molecule has 0 aliphatic carbocycles. The van der Waals surface area contributed by atoms with Crippen LogP contribution in [0.2, 0.25) is 5.02 Å². The van der Waals surface area contributed by atoms with Crippen molar-refractivity contribution in [3.05, 3.63) is 52.6 Å². The van der Waals surface area contributed by atoms with Crippen molar-refractivity contribution in [1.82, 2.24) is 4.98 Å². The molecule has 0 amide bonds. The van der Waals surface area contributed by atoms with E-state index in [1.54, 1.807) is 13.2 Å². The van der Waals surface area contributed by atoms with Gasteiger partial charge in [0.15, 0.2) is 0 Å². The lowest BCUT2D eigenvalue weighted by atomic mass is 10.2. The summed E-state index contributed by atoms with van der Waals surface area (Å²) in [6.45, 7) is 2.38. The van der Waals surface area contributed by atoms with E-state index in [1.165, 1.54) is 12.1 Å². The number of rotatable bonds is 4. The van der Waals surface area contributed by atoms with Crippen LogP contribution in [0.15, 0.2) is 30.3 Å². The van der Waals surface area contributed by atoms with Gasteiger partial charge in [-0.3, -0.25) is 4.98 Å². The van der Waals surface area contributed by atoms with E-state index in [1.807, 2.05) is 19.1 Å². The minimum absolute atomic E-state index is 0.112. The van der Waals surface area contributed by atoms with E-state index < -0.39 is 5.82 Å². The number of benzene rings is 1. The molecule has 0 aliphatic heterocycles. The number of nitrogens with one attached hydrogen (secondary N) is 1. The Morgan fingerprint density at radius 2 is 2.11 bits per heavy atom. The molecule has 0 spiro atoms. The van der Waals surface area contributed by atoms with E-state index in [2.05, 4.69) is 10.3 Å². The van der Waals surface area contributed by atoms with Crippen molar-refractivity contribution in [3.8, 4) is 5.75 Å². The van der Waals surface area contributed by atoms with Crippen LogP contribution in [0.4, 0.5) is 10.1 Å². The van der Waals surface area contributed by atoms with Crippen molar-refractivity contribution < 1.29 is 9.13 Å². The summed E-state index contributed by atoms with van der Waals surface area (Å²) in [5.41, 5.74) is 2.36. The second-order valence-corrected chi connectivity index (χ2v) is 4.53. The molecule has 0 saturated carbocycles. The molecule has 1 N–H and O–H groups in total. The lowest BCUT2D eigenvalue weighted by Gasteiger charge is -2.09. The molecule has 1 aromatic heterocycles. The Bertz CT molecular complexity index is 590. The highest BCUT2D eigenvalue weighted by atomic mass is 35.5. The second kappa shape index (κ2) is 5.89. The molecular weight excluding hydrogens is 267 g/mol. The number of halogens is 2. The van der Waals surface area contributed by atoms with Crippen LogP contribution in [-0.2, 0) is 6.54 Å². The van der Waals surface area contributed by atoms with Crippen LogP contribution >= 0.6 is 11.6 Å². The van der Waals surface area contributed by atoms with Gasteiger partial charge >= 0.3 is 0 Å². The van der Waals surface area contributed by atoms with Crippen LogP contribution in [0.25, 0.3) is 0 Å². The number of aromatic nitrogens is 1. The SMILES string of the molecule is COc1cc(C)nc(CNc2ccc(Cl)c(F)c2)c1. The highest BCUT2D eigenvalue weighted by molar-refractivity contribution is 6.30. The van der Waals surface area contributed by atoms with Crippen LogP contribution in [0.1, 0.15) is 11.4 Å². The van der Waals surface area contributed by atoms with E-state index in [0.717, 1.165) is 17.1 Å². The molecular formula is C14H14ClFN2O. The highest BCUT2D eigenvalue weighted by Gasteiger charge is 2.03. The van der Waals surface area contributed by atoms with Gasteiger partial charge in [0.25, 0.3) is 0 Å². The Kier molecular flexibility index (Phi) is 4.22. The number of aryl methyl sites for hydroxylation is 1. The summed E-state index contributed by atoms with van der Waals surface area (Å²) in [6.07, 6.45) is 0. The van der Waals surface area contributed by atoms with Crippen LogP contribution in [0, 0.1) is 12.7 Å². The van der Waals surface area contributed by atoms with Gasteiger partial charge in [-0.25, -0.2) is 4.39 Å². The molecule has 1 heterocycles. The first-order valence-corrected chi connectivity index (χ1v) is 6.17. The predicted molar refractivity (Wildman–Crippen MR) is 74.3 cm³/mol. The number of hydrogen-bond donors (Lipinski definition) is 1. The molecule has 2 rings (SSSR count). The van der Waals surface area contributed by atoms with E-state index >= 15 is 0 Å². The van der Waals surface area contributed by atoms with Crippen molar-refractivity contribution in [2.24, 2.45) is 0 Å². The Morgan fingerprint density at radius 1 is 1.32 bits per heavy atom. The van der Waals surface area contributed by atoms with Crippen LogP contribution in [0.3, 0.4) is 0 Å². The Hall–Kier alpha value is -1.81. The molecule has 1 aromatic carbocycles. The third-order valence-corrected chi connectivity index (χ3v) is 2.92. The number of methoxy groups -OCH3 is 1. The molecule has 0 aliphatic rings. The van der Waals surface area contributed by atoms with Crippen molar-refractivity contribution >= 4 is 17.3 Å². The van der Waals surface area contributed by atoms with Crippen LogP contribution in [-0.4, -0.2) is 12.1 Å². The zero-order valence-corrected chi connectivity index (χ0v) is 11.5. The van der Waals surface area contributed by atoms with Gasteiger partial charge in [-0.2, -0.15) is 0 Å². The third kappa shape index (κ3) is 3.58. The fourth-order valence-corrected chi connectivity index (χ4v) is 1.83. The molecule has 0 unspecified atom stereocenters. The van der Waals surface area contributed by atoms with Gasteiger partial charge in [-0.15, -0.1) is 0 Å². The van der Waals surface area contributed by atoms with Crippen LogP contribution in [0.5, 0.6) is 5.75 Å². The van der Waals surface area contributed by atoms with Gasteiger partial charge in [-0.05, 0) is 25.1 Å². The minimum atomic E-state index is -0.443. The van der Waals surface area contributed by atoms with Crippen LogP contribution < -0.4 is 10.1 Å². The third-order valence-electron chi connectivity index (χ3n) is 2.61. The first kappa shape index (κ1) is 13.6. The fourth-order valence-electron chi connectivity index (χ4n) is 1.71. The first-order chi connectivity index (χ1) is 9.08. The van der Waals surface area contributed by atoms with E-state index in [-0.39, 0.29) is 5.02 Å². The predicted octanol–water partition coefficient (Wildman–Crippen LogP) is 3.80. The largest absolute Gasteiger partial charge is 0.497 e. The summed E-state index contributed by atoms with van der Waals surface area (Å²) < 4.78 is 18.5. The van der Waals surface area contributed by atoms with E-state index in [0.29, 0.717) is 12.2 Å². The van der Waals surface area contributed by atoms with Gasteiger partial charge < -0.3 is 10.1 Å². The first-order valence-electron chi connectivity index (χ1n) is 5.79. The Morgan fingerprint density at radius 3 is 2.79 bits per heavy atom. The molecule has 19 heavy (non-hydrogen) atoms. The van der Waals surface area contributed by atoms with Gasteiger partial charge in [0.05, 0.1) is 24.4 Å². The number of pyridine rings is 1. The number of anilines is 1. The van der Waals surface area contributed by atoms with E-state index in [4.69, 9.17) is 16.3 Å². The minimum Gasteiger partial charge on any atom is -0.497 e. The molecule has 0 saturated heterocycles. The second-order valence-electron chi connectivity index (χ2n) is 4.12. The standard InChI is InChI=1S/C14H14ClFN2O/c1-9-5-12(19-2)6-11(18-9)8-17-10-3-4-13(15)14(16)7-10/h3-7,17H,8H2,1-2H3. The summed E-state index contributed by atoms with van der Waals surface area (Å²) in [7, 11) is 1.61. The zero-order chi connectivity index (χ0) is 13.8. The highest BCUT2D eigenvalue weighted by Crippen LogP contribution is 2.20. The lowest BCUT2D eigenvalue weighted by Crippen LogP contribution is -2.03. The smallest absolute Gasteiger partial charge is 0.143 e.